The third kappa shape index (κ3) is 3.51. The molecule has 0 atom stereocenters. The number of aromatic carboxylic acids is 1. The first-order valence-corrected chi connectivity index (χ1v) is 6.77. The minimum absolute atomic E-state index is 0.323. The van der Waals surface area contributed by atoms with Gasteiger partial charge in [0.25, 0.3) is 0 Å². The van der Waals surface area contributed by atoms with Crippen molar-refractivity contribution in [3.63, 3.8) is 0 Å². The molecular formula is C15H14O3S. The van der Waals surface area contributed by atoms with Crippen LogP contribution < -0.4 is 4.74 Å². The highest BCUT2D eigenvalue weighted by molar-refractivity contribution is 7.98. The highest BCUT2D eigenvalue weighted by atomic mass is 32.2. The molecule has 0 unspecified atom stereocenters. The fourth-order valence-corrected chi connectivity index (χ4v) is 2.61. The maximum atomic E-state index is 11.2. The number of benzene rings is 2. The molecule has 0 bridgehead atoms. The van der Waals surface area contributed by atoms with Crippen LogP contribution in [0.15, 0.2) is 53.4 Å². The fourth-order valence-electron chi connectivity index (χ4n) is 1.70. The molecule has 3 nitrogen and oxygen atoms in total. The minimum Gasteiger partial charge on any atom is -0.497 e. The zero-order chi connectivity index (χ0) is 13.7. The topological polar surface area (TPSA) is 46.5 Å². The van der Waals surface area contributed by atoms with Crippen LogP contribution in [0.5, 0.6) is 5.75 Å². The van der Waals surface area contributed by atoms with Crippen molar-refractivity contribution in [2.75, 3.05) is 7.11 Å². The Morgan fingerprint density at radius 3 is 2.58 bits per heavy atom. The monoisotopic (exact) mass is 274 g/mol. The van der Waals surface area contributed by atoms with Crippen LogP contribution in [0.2, 0.25) is 0 Å². The predicted molar refractivity (Wildman–Crippen MR) is 76.0 cm³/mol. The summed E-state index contributed by atoms with van der Waals surface area (Å²) in [4.78, 5) is 12.3. The molecule has 2 rings (SSSR count). The lowest BCUT2D eigenvalue weighted by Crippen LogP contribution is -2.02. The SMILES string of the molecule is COc1ccc(C(=O)O)c(CSc2ccccc2)c1. The minimum atomic E-state index is -0.911. The van der Waals surface area contributed by atoms with E-state index in [2.05, 4.69) is 0 Å². The molecule has 0 heterocycles. The average molecular weight is 274 g/mol. The number of carboxylic acids is 1. The molecule has 4 heteroatoms. The van der Waals surface area contributed by atoms with E-state index in [1.54, 1.807) is 37.1 Å². The largest absolute Gasteiger partial charge is 0.497 e. The molecule has 0 fully saturated rings. The highest BCUT2D eigenvalue weighted by Crippen LogP contribution is 2.26. The van der Waals surface area contributed by atoms with E-state index in [4.69, 9.17) is 4.74 Å². The van der Waals surface area contributed by atoms with Gasteiger partial charge < -0.3 is 9.84 Å². The van der Waals surface area contributed by atoms with Gasteiger partial charge in [-0.25, -0.2) is 4.79 Å². The maximum Gasteiger partial charge on any atom is 0.335 e. The molecule has 0 aliphatic rings. The van der Waals surface area contributed by atoms with E-state index >= 15 is 0 Å². The quantitative estimate of drug-likeness (QED) is 0.845. The van der Waals surface area contributed by atoms with Gasteiger partial charge in [0.1, 0.15) is 5.75 Å². The van der Waals surface area contributed by atoms with Gasteiger partial charge in [-0.05, 0) is 35.9 Å². The first-order chi connectivity index (χ1) is 9.20. The van der Waals surface area contributed by atoms with E-state index in [-0.39, 0.29) is 0 Å². The number of rotatable bonds is 5. The Kier molecular flexibility index (Phi) is 4.47. The smallest absolute Gasteiger partial charge is 0.335 e. The van der Waals surface area contributed by atoms with Crippen LogP contribution in [0.3, 0.4) is 0 Å². The van der Waals surface area contributed by atoms with E-state index < -0.39 is 5.97 Å². The second kappa shape index (κ2) is 6.29. The Morgan fingerprint density at radius 1 is 1.21 bits per heavy atom. The van der Waals surface area contributed by atoms with Gasteiger partial charge in [0.2, 0.25) is 0 Å². The van der Waals surface area contributed by atoms with Crippen molar-refractivity contribution in [1.29, 1.82) is 0 Å². The third-order valence-corrected chi connectivity index (χ3v) is 3.74. The maximum absolute atomic E-state index is 11.2. The average Bonchev–Trinajstić information content (AvgIpc) is 2.45. The predicted octanol–water partition coefficient (Wildman–Crippen LogP) is 3.69. The van der Waals surface area contributed by atoms with E-state index in [1.807, 2.05) is 30.3 Å². The summed E-state index contributed by atoms with van der Waals surface area (Å²) in [7, 11) is 1.57. The van der Waals surface area contributed by atoms with Crippen molar-refractivity contribution in [3.8, 4) is 5.75 Å². The van der Waals surface area contributed by atoms with E-state index in [9.17, 15) is 9.90 Å². The van der Waals surface area contributed by atoms with Gasteiger partial charge in [0.05, 0.1) is 12.7 Å². The number of methoxy groups -OCH3 is 1. The molecule has 0 saturated carbocycles. The molecule has 0 radical (unpaired) electrons. The second-order valence-corrected chi connectivity index (χ2v) is 4.98. The van der Waals surface area contributed by atoms with Crippen LogP contribution >= 0.6 is 11.8 Å². The lowest BCUT2D eigenvalue weighted by Gasteiger charge is -2.08. The van der Waals surface area contributed by atoms with Crippen LogP contribution in [0, 0.1) is 0 Å². The third-order valence-electron chi connectivity index (χ3n) is 2.68. The number of ether oxygens (including phenoxy) is 1. The lowest BCUT2D eigenvalue weighted by molar-refractivity contribution is 0.0696. The van der Waals surface area contributed by atoms with Crippen LogP contribution in [0.4, 0.5) is 0 Å². The van der Waals surface area contributed by atoms with Crippen molar-refractivity contribution < 1.29 is 14.6 Å². The summed E-state index contributed by atoms with van der Waals surface area (Å²) in [6.45, 7) is 0. The lowest BCUT2D eigenvalue weighted by atomic mass is 10.1. The fraction of sp³-hybridized carbons (Fsp3) is 0.133. The standard InChI is InChI=1S/C15H14O3S/c1-18-12-7-8-14(15(16)17)11(9-12)10-19-13-5-3-2-4-6-13/h2-9H,10H2,1H3,(H,16,17). The van der Waals surface area contributed by atoms with Crippen molar-refractivity contribution in [3.05, 3.63) is 59.7 Å². The van der Waals surface area contributed by atoms with E-state index in [0.717, 1.165) is 10.5 Å². The molecule has 0 amide bonds. The van der Waals surface area contributed by atoms with E-state index in [0.29, 0.717) is 17.1 Å². The van der Waals surface area contributed by atoms with Gasteiger partial charge in [-0.1, -0.05) is 18.2 Å². The molecule has 0 saturated heterocycles. The van der Waals surface area contributed by atoms with Gasteiger partial charge in [-0.15, -0.1) is 11.8 Å². The summed E-state index contributed by atoms with van der Waals surface area (Å²) in [5, 5.41) is 9.18. The first kappa shape index (κ1) is 13.5. The summed E-state index contributed by atoms with van der Waals surface area (Å²) in [5.74, 6) is 0.364. The van der Waals surface area contributed by atoms with Crippen LogP contribution in [0.25, 0.3) is 0 Å². The number of thioether (sulfide) groups is 1. The van der Waals surface area contributed by atoms with Gasteiger partial charge in [0, 0.05) is 10.6 Å². The summed E-state index contributed by atoms with van der Waals surface area (Å²) in [5.41, 5.74) is 1.09. The van der Waals surface area contributed by atoms with Gasteiger partial charge in [-0.3, -0.25) is 0 Å². The number of hydrogen-bond acceptors (Lipinski definition) is 3. The zero-order valence-corrected chi connectivity index (χ0v) is 11.3. The molecule has 2 aromatic carbocycles. The second-order valence-electron chi connectivity index (χ2n) is 3.93. The molecule has 1 N–H and O–H groups in total. The summed E-state index contributed by atoms with van der Waals surface area (Å²) in [6.07, 6.45) is 0. The zero-order valence-electron chi connectivity index (χ0n) is 10.5. The number of carboxylic acid groups (broad SMARTS) is 1. The molecule has 98 valence electrons. The molecule has 2 aromatic rings. The number of hydrogen-bond donors (Lipinski definition) is 1. The Morgan fingerprint density at radius 2 is 1.95 bits per heavy atom. The Balaban J connectivity index is 2.20. The summed E-state index contributed by atoms with van der Waals surface area (Å²) in [6, 6.07) is 14.9. The summed E-state index contributed by atoms with van der Waals surface area (Å²) < 4.78 is 5.14. The molecule has 0 spiro atoms. The van der Waals surface area contributed by atoms with Crippen LogP contribution in [-0.2, 0) is 5.75 Å². The molecule has 0 aromatic heterocycles. The Hall–Kier alpha value is -1.94. The Labute approximate surface area is 116 Å². The number of carbonyl (C=O) groups is 1. The first-order valence-electron chi connectivity index (χ1n) is 5.79. The molecule has 0 aliphatic heterocycles. The van der Waals surface area contributed by atoms with E-state index in [1.165, 1.54) is 0 Å². The molecule has 19 heavy (non-hydrogen) atoms. The Bertz CT molecular complexity index is 567. The van der Waals surface area contributed by atoms with Crippen molar-refractivity contribution in [2.24, 2.45) is 0 Å². The van der Waals surface area contributed by atoms with Crippen molar-refractivity contribution in [2.45, 2.75) is 10.6 Å². The van der Waals surface area contributed by atoms with Crippen molar-refractivity contribution in [1.82, 2.24) is 0 Å². The highest BCUT2D eigenvalue weighted by Gasteiger charge is 2.11. The van der Waals surface area contributed by atoms with Gasteiger partial charge in [0.15, 0.2) is 0 Å². The molecular weight excluding hydrogens is 260 g/mol. The van der Waals surface area contributed by atoms with Crippen LogP contribution in [0.1, 0.15) is 15.9 Å². The summed E-state index contributed by atoms with van der Waals surface area (Å²) >= 11 is 1.61. The van der Waals surface area contributed by atoms with Gasteiger partial charge in [-0.2, -0.15) is 0 Å². The van der Waals surface area contributed by atoms with Crippen LogP contribution in [-0.4, -0.2) is 18.2 Å². The van der Waals surface area contributed by atoms with Crippen molar-refractivity contribution >= 4 is 17.7 Å². The molecule has 0 aliphatic carbocycles. The van der Waals surface area contributed by atoms with Gasteiger partial charge >= 0.3 is 5.97 Å². The normalized spacial score (nSPS) is 10.2.